The van der Waals surface area contributed by atoms with Crippen molar-refractivity contribution in [1.29, 1.82) is 0 Å². The zero-order valence-corrected chi connectivity index (χ0v) is 23.8. The number of fused-ring (bicyclic) bond motifs is 1. The molecule has 0 saturated carbocycles. The number of carbonyl (C=O) groups excluding carboxylic acids is 5. The Bertz CT molecular complexity index is 1460. The Morgan fingerprint density at radius 2 is 1.66 bits per heavy atom. The van der Waals surface area contributed by atoms with Gasteiger partial charge in [-0.2, -0.15) is 0 Å². The summed E-state index contributed by atoms with van der Waals surface area (Å²) in [6, 6.07) is 16.2. The second-order valence-corrected chi connectivity index (χ2v) is 11.5. The molecule has 4 N–H and O–H groups in total. The Balaban J connectivity index is 1.59. The zero-order chi connectivity index (χ0) is 29.7. The average Bonchev–Trinajstić information content (AvgIpc) is 3.49. The maximum atomic E-state index is 13.7. The van der Waals surface area contributed by atoms with E-state index in [9.17, 15) is 24.0 Å². The lowest BCUT2D eigenvalue weighted by atomic mass is 9.94. The lowest BCUT2D eigenvalue weighted by molar-refractivity contribution is -0.141. The van der Waals surface area contributed by atoms with Gasteiger partial charge in [0.15, 0.2) is 0 Å². The van der Waals surface area contributed by atoms with Crippen molar-refractivity contribution in [2.45, 2.75) is 57.7 Å². The van der Waals surface area contributed by atoms with E-state index in [0.29, 0.717) is 18.7 Å². The Morgan fingerprint density at radius 3 is 2.29 bits per heavy atom. The van der Waals surface area contributed by atoms with Crippen LogP contribution in [0.1, 0.15) is 49.7 Å². The molecule has 2 aromatic carbocycles. The summed E-state index contributed by atoms with van der Waals surface area (Å²) >= 11 is 0. The first-order chi connectivity index (χ1) is 19.4. The molecule has 10 heteroatoms. The van der Waals surface area contributed by atoms with Crippen LogP contribution in [-0.2, 0) is 32.6 Å². The largest absolute Gasteiger partial charge is 0.356 e. The maximum absolute atomic E-state index is 13.7. The molecule has 3 atom stereocenters. The quantitative estimate of drug-likeness (QED) is 0.282. The summed E-state index contributed by atoms with van der Waals surface area (Å²) in [5.74, 6) is -3.51. The van der Waals surface area contributed by atoms with E-state index in [-0.39, 0.29) is 18.7 Å². The predicted molar refractivity (Wildman–Crippen MR) is 155 cm³/mol. The van der Waals surface area contributed by atoms with E-state index in [4.69, 9.17) is 0 Å². The molecular weight excluding hydrogens is 522 g/mol. The van der Waals surface area contributed by atoms with Crippen molar-refractivity contribution in [3.63, 3.8) is 0 Å². The van der Waals surface area contributed by atoms with Gasteiger partial charge < -0.3 is 25.8 Å². The first-order valence-electron chi connectivity index (χ1n) is 13.8. The van der Waals surface area contributed by atoms with Crippen molar-refractivity contribution in [3.8, 4) is 0 Å². The molecule has 4 rings (SSSR count). The topological polar surface area (TPSA) is 138 Å². The SMILES string of the molecule is Cn1c(C(=O)N[C@@H](Cc2ccccc2)C(=O)N[C@@H](C[C@@H]2CCNC2=O)C(=O)C(=O)NC(C)(C)C)cc2ccccc21. The Hall–Kier alpha value is -4.47. The van der Waals surface area contributed by atoms with Gasteiger partial charge in [0.05, 0.1) is 6.04 Å². The molecule has 0 aliphatic carbocycles. The maximum Gasteiger partial charge on any atom is 0.290 e. The van der Waals surface area contributed by atoms with Gasteiger partial charge in [-0.05, 0) is 51.3 Å². The van der Waals surface area contributed by atoms with E-state index in [1.807, 2.05) is 54.6 Å². The number of nitrogens with one attached hydrogen (secondary N) is 4. The van der Waals surface area contributed by atoms with Gasteiger partial charge >= 0.3 is 0 Å². The standard InChI is InChI=1S/C31H37N5O5/c1-31(2,3)35-30(41)26(37)22(17-21-14-15-32-27(21)38)33-28(39)23(16-19-10-6-5-7-11-19)34-29(40)25-18-20-12-8-9-13-24(20)36(25)4/h5-13,18,21-23H,14-17H2,1-4H3,(H,32,38)(H,33,39)(H,34,40)(H,35,41)/t21-,22-,23-/m0/s1. The van der Waals surface area contributed by atoms with Crippen molar-refractivity contribution in [3.05, 3.63) is 71.9 Å². The van der Waals surface area contributed by atoms with Crippen LogP contribution in [0.15, 0.2) is 60.7 Å². The molecule has 2 heterocycles. The van der Waals surface area contributed by atoms with Crippen LogP contribution in [0.25, 0.3) is 10.9 Å². The van der Waals surface area contributed by atoms with Crippen LogP contribution < -0.4 is 21.3 Å². The van der Waals surface area contributed by atoms with E-state index >= 15 is 0 Å². The summed E-state index contributed by atoms with van der Waals surface area (Å²) in [6.45, 7) is 5.70. The smallest absolute Gasteiger partial charge is 0.290 e. The minimum atomic E-state index is -1.24. The number of hydrogen-bond acceptors (Lipinski definition) is 5. The van der Waals surface area contributed by atoms with E-state index in [2.05, 4.69) is 21.3 Å². The Kier molecular flexibility index (Phi) is 8.90. The summed E-state index contributed by atoms with van der Waals surface area (Å²) in [4.78, 5) is 65.6. The van der Waals surface area contributed by atoms with Crippen LogP contribution in [0.3, 0.4) is 0 Å². The van der Waals surface area contributed by atoms with Crippen LogP contribution in [0, 0.1) is 5.92 Å². The Morgan fingerprint density at radius 1 is 0.976 bits per heavy atom. The van der Waals surface area contributed by atoms with Gasteiger partial charge in [0.2, 0.25) is 17.6 Å². The monoisotopic (exact) mass is 559 g/mol. The van der Waals surface area contributed by atoms with Crippen molar-refractivity contribution < 1.29 is 24.0 Å². The molecule has 1 saturated heterocycles. The number of carbonyl (C=O) groups is 5. The number of rotatable bonds is 10. The van der Waals surface area contributed by atoms with Crippen LogP contribution >= 0.6 is 0 Å². The molecule has 41 heavy (non-hydrogen) atoms. The van der Waals surface area contributed by atoms with Crippen LogP contribution in [0.2, 0.25) is 0 Å². The van der Waals surface area contributed by atoms with Crippen LogP contribution in [0.5, 0.6) is 0 Å². The molecule has 0 spiro atoms. The molecule has 0 radical (unpaired) electrons. The van der Waals surface area contributed by atoms with Gasteiger partial charge in [-0.1, -0.05) is 48.5 Å². The molecule has 1 fully saturated rings. The molecule has 0 unspecified atom stereocenters. The van der Waals surface area contributed by atoms with E-state index < -0.39 is 47.0 Å². The van der Waals surface area contributed by atoms with Gasteiger partial charge in [-0.15, -0.1) is 0 Å². The highest BCUT2D eigenvalue weighted by atomic mass is 16.2. The van der Waals surface area contributed by atoms with Gasteiger partial charge in [0.1, 0.15) is 11.7 Å². The second kappa shape index (κ2) is 12.4. The highest BCUT2D eigenvalue weighted by molar-refractivity contribution is 6.38. The number of nitrogens with zero attached hydrogens (tertiary/aromatic N) is 1. The summed E-state index contributed by atoms with van der Waals surface area (Å²) in [6.07, 6.45) is 0.620. The first-order valence-corrected chi connectivity index (χ1v) is 13.8. The number of para-hydroxylation sites is 1. The number of amides is 4. The van der Waals surface area contributed by atoms with Crippen molar-refractivity contribution in [2.24, 2.45) is 13.0 Å². The second-order valence-electron chi connectivity index (χ2n) is 11.5. The Labute approximate surface area is 239 Å². The fraction of sp³-hybridized carbons (Fsp3) is 0.387. The van der Waals surface area contributed by atoms with Crippen molar-refractivity contribution >= 4 is 40.3 Å². The molecule has 0 bridgehead atoms. The molecule has 216 valence electrons. The van der Waals surface area contributed by atoms with Gasteiger partial charge in [0.25, 0.3) is 11.8 Å². The first kappa shape index (κ1) is 29.5. The molecule has 10 nitrogen and oxygen atoms in total. The summed E-state index contributed by atoms with van der Waals surface area (Å²) in [5.41, 5.74) is 1.37. The predicted octanol–water partition coefficient (Wildman–Crippen LogP) is 2.01. The van der Waals surface area contributed by atoms with Crippen molar-refractivity contribution in [2.75, 3.05) is 6.54 Å². The minimum absolute atomic E-state index is 0.0246. The molecule has 1 aliphatic heterocycles. The number of aromatic nitrogens is 1. The molecule has 1 aromatic heterocycles. The average molecular weight is 560 g/mol. The van der Waals surface area contributed by atoms with Gasteiger partial charge in [-0.3, -0.25) is 24.0 Å². The highest BCUT2D eigenvalue weighted by Gasteiger charge is 2.36. The molecular formula is C31H37N5O5. The number of Topliss-reactive ketones (excluding diaryl/α,β-unsaturated/α-hetero) is 1. The van der Waals surface area contributed by atoms with Crippen molar-refractivity contribution in [1.82, 2.24) is 25.8 Å². The van der Waals surface area contributed by atoms with Crippen LogP contribution in [0.4, 0.5) is 0 Å². The van der Waals surface area contributed by atoms with Gasteiger partial charge in [0, 0.05) is 42.4 Å². The summed E-state index contributed by atoms with van der Waals surface area (Å²) < 4.78 is 1.75. The third kappa shape index (κ3) is 7.39. The van der Waals surface area contributed by atoms with E-state index in [0.717, 1.165) is 16.5 Å². The minimum Gasteiger partial charge on any atom is -0.356 e. The lowest BCUT2D eigenvalue weighted by Gasteiger charge is -2.26. The van der Waals surface area contributed by atoms with Crippen LogP contribution in [-0.4, -0.2) is 58.1 Å². The number of ketones is 1. The van der Waals surface area contributed by atoms with E-state index in [1.54, 1.807) is 38.5 Å². The lowest BCUT2D eigenvalue weighted by Crippen LogP contribution is -2.56. The molecule has 3 aromatic rings. The molecule has 4 amide bonds. The number of aryl methyl sites for hydroxylation is 1. The third-order valence-electron chi connectivity index (χ3n) is 7.12. The third-order valence-corrected chi connectivity index (χ3v) is 7.12. The normalized spacial score (nSPS) is 16.5. The van der Waals surface area contributed by atoms with Gasteiger partial charge in [-0.25, -0.2) is 0 Å². The molecule has 1 aliphatic rings. The highest BCUT2D eigenvalue weighted by Crippen LogP contribution is 2.20. The number of hydrogen-bond donors (Lipinski definition) is 4. The summed E-state index contributed by atoms with van der Waals surface area (Å²) in [7, 11) is 1.78. The summed E-state index contributed by atoms with van der Waals surface area (Å²) in [5, 5.41) is 11.8. The fourth-order valence-electron chi connectivity index (χ4n) is 5.02. The zero-order valence-electron chi connectivity index (χ0n) is 23.8. The fourth-order valence-corrected chi connectivity index (χ4v) is 5.02. The van der Waals surface area contributed by atoms with E-state index in [1.165, 1.54) is 0 Å². The number of benzene rings is 2.